The quantitative estimate of drug-likeness (QED) is 0.870. The van der Waals surface area contributed by atoms with Crippen LogP contribution in [-0.4, -0.2) is 35.9 Å². The Morgan fingerprint density at radius 1 is 1.41 bits per heavy atom. The van der Waals surface area contributed by atoms with Crippen molar-refractivity contribution in [1.82, 2.24) is 14.7 Å². The van der Waals surface area contributed by atoms with E-state index in [2.05, 4.69) is 20.9 Å². The molecule has 0 amide bonds. The smallest absolute Gasteiger partial charge is 0.257 e. The number of hydrogen-bond acceptors (Lipinski definition) is 4. The SMILES string of the molecule is CSC1CCC(NS(=O)(=O)c2cnc[nH]2)CC1. The van der Waals surface area contributed by atoms with Crippen LogP contribution in [0.5, 0.6) is 0 Å². The van der Waals surface area contributed by atoms with Gasteiger partial charge in [0, 0.05) is 11.3 Å². The Labute approximate surface area is 106 Å². The van der Waals surface area contributed by atoms with E-state index >= 15 is 0 Å². The second-order valence-corrected chi connectivity index (χ2v) is 7.07. The summed E-state index contributed by atoms with van der Waals surface area (Å²) in [7, 11) is -3.42. The maximum atomic E-state index is 11.9. The first-order valence-corrected chi connectivity index (χ1v) is 8.42. The van der Waals surface area contributed by atoms with E-state index in [0.29, 0.717) is 5.25 Å². The molecule has 0 atom stereocenters. The van der Waals surface area contributed by atoms with Gasteiger partial charge in [-0.2, -0.15) is 11.8 Å². The van der Waals surface area contributed by atoms with Crippen LogP contribution in [0, 0.1) is 0 Å². The molecule has 1 aromatic heterocycles. The molecule has 2 N–H and O–H groups in total. The summed E-state index contributed by atoms with van der Waals surface area (Å²) in [5, 5.41) is 0.826. The number of rotatable bonds is 4. The molecule has 17 heavy (non-hydrogen) atoms. The molecule has 7 heteroatoms. The van der Waals surface area contributed by atoms with E-state index in [-0.39, 0.29) is 11.1 Å². The van der Waals surface area contributed by atoms with Gasteiger partial charge in [0.1, 0.15) is 0 Å². The van der Waals surface area contributed by atoms with Crippen LogP contribution in [0.15, 0.2) is 17.6 Å². The number of aromatic nitrogens is 2. The van der Waals surface area contributed by atoms with Crippen LogP contribution in [0.3, 0.4) is 0 Å². The Hall–Kier alpha value is -0.530. The highest BCUT2D eigenvalue weighted by molar-refractivity contribution is 7.99. The number of sulfonamides is 1. The summed E-state index contributed by atoms with van der Waals surface area (Å²) in [5.41, 5.74) is 0. The van der Waals surface area contributed by atoms with Gasteiger partial charge in [-0.05, 0) is 31.9 Å². The van der Waals surface area contributed by atoms with Crippen molar-refractivity contribution in [2.45, 2.75) is 42.0 Å². The fourth-order valence-corrected chi connectivity index (χ4v) is 4.04. The van der Waals surface area contributed by atoms with E-state index in [1.165, 1.54) is 12.5 Å². The molecule has 96 valence electrons. The normalized spacial score (nSPS) is 25.9. The van der Waals surface area contributed by atoms with Crippen molar-refractivity contribution in [3.8, 4) is 0 Å². The van der Waals surface area contributed by atoms with Gasteiger partial charge in [-0.15, -0.1) is 0 Å². The van der Waals surface area contributed by atoms with E-state index in [4.69, 9.17) is 0 Å². The van der Waals surface area contributed by atoms with Crippen LogP contribution in [0.1, 0.15) is 25.7 Å². The van der Waals surface area contributed by atoms with Gasteiger partial charge in [-0.1, -0.05) is 0 Å². The summed E-state index contributed by atoms with van der Waals surface area (Å²) in [5.74, 6) is 0. The van der Waals surface area contributed by atoms with E-state index in [1.807, 2.05) is 11.8 Å². The standard InChI is InChI=1S/C10H17N3O2S2/c1-16-9-4-2-8(3-5-9)13-17(14,15)10-6-11-7-12-10/h6-9,13H,2-5H2,1H3,(H,11,12). The van der Waals surface area contributed by atoms with Crippen LogP contribution in [0.4, 0.5) is 0 Å². The molecule has 1 aromatic rings. The predicted molar refractivity (Wildman–Crippen MR) is 68.5 cm³/mol. The van der Waals surface area contributed by atoms with Crippen molar-refractivity contribution in [3.05, 3.63) is 12.5 Å². The number of nitrogens with zero attached hydrogens (tertiary/aromatic N) is 1. The summed E-state index contributed by atoms with van der Waals surface area (Å²) in [6, 6.07) is 0.0618. The molecule has 1 aliphatic carbocycles. The Morgan fingerprint density at radius 2 is 2.12 bits per heavy atom. The van der Waals surface area contributed by atoms with Crippen LogP contribution < -0.4 is 4.72 Å². The van der Waals surface area contributed by atoms with Gasteiger partial charge in [0.2, 0.25) is 0 Å². The lowest BCUT2D eigenvalue weighted by Crippen LogP contribution is -2.38. The number of thioether (sulfide) groups is 1. The van der Waals surface area contributed by atoms with Gasteiger partial charge in [-0.25, -0.2) is 18.1 Å². The number of H-pyrrole nitrogens is 1. The monoisotopic (exact) mass is 275 g/mol. The lowest BCUT2D eigenvalue weighted by molar-refractivity contribution is 0.419. The molecular weight excluding hydrogens is 258 g/mol. The first-order chi connectivity index (χ1) is 8.12. The van der Waals surface area contributed by atoms with Crippen molar-refractivity contribution in [3.63, 3.8) is 0 Å². The van der Waals surface area contributed by atoms with Crippen LogP contribution >= 0.6 is 11.8 Å². The molecule has 0 aromatic carbocycles. The Kier molecular flexibility index (Phi) is 4.11. The number of imidazole rings is 1. The molecule has 0 bridgehead atoms. The zero-order chi connectivity index (χ0) is 12.3. The van der Waals surface area contributed by atoms with Gasteiger partial charge in [0.05, 0.1) is 12.5 Å². The van der Waals surface area contributed by atoms with Gasteiger partial charge in [0.25, 0.3) is 10.0 Å². The molecule has 0 saturated heterocycles. The predicted octanol–water partition coefficient (Wildman–Crippen LogP) is 1.36. The zero-order valence-electron chi connectivity index (χ0n) is 9.72. The number of aromatic amines is 1. The van der Waals surface area contributed by atoms with Crippen molar-refractivity contribution in [1.29, 1.82) is 0 Å². The second kappa shape index (κ2) is 5.41. The summed E-state index contributed by atoms with van der Waals surface area (Å²) in [6.45, 7) is 0. The fraction of sp³-hybridized carbons (Fsp3) is 0.700. The Bertz CT molecular complexity index is 436. The highest BCUT2D eigenvalue weighted by atomic mass is 32.2. The molecular formula is C10H17N3O2S2. The van der Waals surface area contributed by atoms with Crippen LogP contribution in [0.25, 0.3) is 0 Å². The molecule has 0 aliphatic heterocycles. The molecule has 0 unspecified atom stereocenters. The third-order valence-corrected chi connectivity index (χ3v) is 5.68. The number of hydrogen-bond donors (Lipinski definition) is 2. The Morgan fingerprint density at radius 3 is 2.65 bits per heavy atom. The minimum absolute atomic E-state index is 0.0618. The van der Waals surface area contributed by atoms with E-state index in [1.54, 1.807) is 0 Å². The van der Waals surface area contributed by atoms with Gasteiger partial charge in [-0.3, -0.25) is 0 Å². The first-order valence-electron chi connectivity index (χ1n) is 5.65. The van der Waals surface area contributed by atoms with Crippen LogP contribution in [0.2, 0.25) is 0 Å². The topological polar surface area (TPSA) is 74.8 Å². The highest BCUT2D eigenvalue weighted by Gasteiger charge is 2.25. The lowest BCUT2D eigenvalue weighted by atomic mass is 9.96. The molecule has 0 radical (unpaired) electrons. The second-order valence-electron chi connectivity index (χ2n) is 4.25. The third kappa shape index (κ3) is 3.23. The maximum absolute atomic E-state index is 11.9. The van der Waals surface area contributed by atoms with Gasteiger partial charge in [0.15, 0.2) is 5.03 Å². The lowest BCUT2D eigenvalue weighted by Gasteiger charge is -2.27. The minimum atomic E-state index is -3.42. The Balaban J connectivity index is 1.94. The summed E-state index contributed by atoms with van der Waals surface area (Å²) in [4.78, 5) is 6.35. The fourth-order valence-electron chi connectivity index (χ4n) is 2.09. The van der Waals surface area contributed by atoms with Crippen molar-refractivity contribution in [2.24, 2.45) is 0 Å². The average Bonchev–Trinajstić information content (AvgIpc) is 2.84. The molecule has 0 spiro atoms. The zero-order valence-corrected chi connectivity index (χ0v) is 11.4. The van der Waals surface area contributed by atoms with E-state index in [0.717, 1.165) is 25.7 Å². The maximum Gasteiger partial charge on any atom is 0.257 e. The molecule has 2 rings (SSSR count). The van der Waals surface area contributed by atoms with Crippen molar-refractivity contribution < 1.29 is 8.42 Å². The first kappa shape index (κ1) is 12.9. The molecule has 1 saturated carbocycles. The minimum Gasteiger partial charge on any atom is -0.335 e. The summed E-state index contributed by atoms with van der Waals surface area (Å²) >= 11 is 1.87. The summed E-state index contributed by atoms with van der Waals surface area (Å²) < 4.78 is 26.6. The molecule has 1 aliphatic rings. The molecule has 1 heterocycles. The average molecular weight is 275 g/mol. The van der Waals surface area contributed by atoms with Gasteiger partial charge < -0.3 is 4.98 Å². The summed E-state index contributed by atoms with van der Waals surface area (Å²) in [6.07, 6.45) is 8.81. The van der Waals surface area contributed by atoms with Crippen molar-refractivity contribution in [2.75, 3.05) is 6.26 Å². The van der Waals surface area contributed by atoms with Crippen LogP contribution in [-0.2, 0) is 10.0 Å². The largest absolute Gasteiger partial charge is 0.335 e. The van der Waals surface area contributed by atoms with Gasteiger partial charge >= 0.3 is 0 Å². The molecule has 1 fully saturated rings. The molecule has 5 nitrogen and oxygen atoms in total. The van der Waals surface area contributed by atoms with E-state index in [9.17, 15) is 8.42 Å². The number of nitrogens with one attached hydrogen (secondary N) is 2. The third-order valence-electron chi connectivity index (χ3n) is 3.09. The van der Waals surface area contributed by atoms with E-state index < -0.39 is 10.0 Å². The van der Waals surface area contributed by atoms with Crippen molar-refractivity contribution >= 4 is 21.8 Å². The highest BCUT2D eigenvalue weighted by Crippen LogP contribution is 2.27.